The molecule has 1 unspecified atom stereocenters. The third-order valence-corrected chi connectivity index (χ3v) is 5.03. The Balaban J connectivity index is 1.40. The van der Waals surface area contributed by atoms with Gasteiger partial charge in [0.1, 0.15) is 11.6 Å². The average molecular weight is 352 g/mol. The third kappa shape index (κ3) is 4.16. The Morgan fingerprint density at radius 1 is 1.08 bits per heavy atom. The largest absolute Gasteiger partial charge is 0.444 e. The second-order valence-corrected chi connectivity index (χ2v) is 8.19. The molecule has 2 aliphatic heterocycles. The Kier molecular flexibility index (Phi) is 4.79. The van der Waals surface area contributed by atoms with E-state index in [0.29, 0.717) is 6.54 Å². The van der Waals surface area contributed by atoms with Crippen LogP contribution in [0.25, 0.3) is 0 Å². The van der Waals surface area contributed by atoms with Crippen LogP contribution in [0.1, 0.15) is 52.9 Å². The summed E-state index contributed by atoms with van der Waals surface area (Å²) in [7, 11) is 0. The van der Waals surface area contributed by atoms with Gasteiger partial charge in [-0.1, -0.05) is 0 Å². The van der Waals surface area contributed by atoms with Crippen molar-refractivity contribution in [1.82, 2.24) is 20.9 Å². The molecule has 140 valence electrons. The summed E-state index contributed by atoms with van der Waals surface area (Å²) in [4.78, 5) is 37.5. The van der Waals surface area contributed by atoms with Crippen molar-refractivity contribution in [3.05, 3.63) is 0 Å². The summed E-state index contributed by atoms with van der Waals surface area (Å²) in [5.74, 6) is -0.0529. The summed E-state index contributed by atoms with van der Waals surface area (Å²) < 4.78 is 5.27. The molecule has 25 heavy (non-hydrogen) atoms. The Morgan fingerprint density at radius 3 is 2.24 bits per heavy atom. The van der Waals surface area contributed by atoms with Gasteiger partial charge in [-0.3, -0.25) is 4.79 Å². The predicted octanol–water partition coefficient (Wildman–Crippen LogP) is 1.10. The predicted molar refractivity (Wildman–Crippen MR) is 91.0 cm³/mol. The van der Waals surface area contributed by atoms with Crippen molar-refractivity contribution in [3.8, 4) is 0 Å². The molecule has 1 aliphatic carbocycles. The highest BCUT2D eigenvalue weighted by Crippen LogP contribution is 2.26. The maximum atomic E-state index is 12.4. The first kappa shape index (κ1) is 17.8. The van der Waals surface area contributed by atoms with Crippen LogP contribution in [-0.4, -0.2) is 59.2 Å². The molecule has 2 atom stereocenters. The topological polar surface area (TPSA) is 99.8 Å². The van der Waals surface area contributed by atoms with Gasteiger partial charge in [-0.25, -0.2) is 9.59 Å². The van der Waals surface area contributed by atoms with Crippen molar-refractivity contribution in [1.29, 1.82) is 0 Å². The number of nitrogens with one attached hydrogen (secondary N) is 3. The number of nitrogens with zero attached hydrogens (tertiary/aromatic N) is 1. The Bertz CT molecular complexity index is 551. The highest BCUT2D eigenvalue weighted by Gasteiger charge is 2.50. The normalized spacial score (nSPS) is 31.5. The number of carbonyl (C=O) groups excluding carboxylic acids is 3. The summed E-state index contributed by atoms with van der Waals surface area (Å²) in [6, 6.07) is -0.133. The molecule has 0 aromatic rings. The monoisotopic (exact) mass is 352 g/mol. The molecule has 3 fully saturated rings. The van der Waals surface area contributed by atoms with Gasteiger partial charge in [0, 0.05) is 18.6 Å². The molecule has 3 N–H and O–H groups in total. The molecule has 8 heteroatoms. The molecule has 1 saturated carbocycles. The van der Waals surface area contributed by atoms with E-state index in [4.69, 9.17) is 4.74 Å². The van der Waals surface area contributed by atoms with Gasteiger partial charge >= 0.3 is 12.1 Å². The number of hydrogen-bond acceptors (Lipinski definition) is 4. The van der Waals surface area contributed by atoms with E-state index in [1.54, 1.807) is 4.90 Å². The van der Waals surface area contributed by atoms with Gasteiger partial charge in [-0.2, -0.15) is 0 Å². The van der Waals surface area contributed by atoms with Crippen LogP contribution in [0.4, 0.5) is 9.59 Å². The smallest absolute Gasteiger partial charge is 0.407 e. The number of carbonyl (C=O) groups is 3. The molecule has 0 spiro atoms. The van der Waals surface area contributed by atoms with Crippen molar-refractivity contribution >= 4 is 18.0 Å². The maximum absolute atomic E-state index is 12.4. The van der Waals surface area contributed by atoms with Gasteiger partial charge in [0.25, 0.3) is 0 Å². The van der Waals surface area contributed by atoms with Crippen LogP contribution >= 0.6 is 0 Å². The molecule has 8 nitrogen and oxygen atoms in total. The zero-order chi connectivity index (χ0) is 18.2. The molecule has 0 bridgehead atoms. The molecule has 3 rings (SSSR count). The molecule has 0 aromatic carbocycles. The lowest BCUT2D eigenvalue weighted by atomic mass is 9.91. The fourth-order valence-corrected chi connectivity index (χ4v) is 3.78. The summed E-state index contributed by atoms with van der Waals surface area (Å²) in [5, 5.41) is 8.76. The summed E-state index contributed by atoms with van der Waals surface area (Å²) in [6.07, 6.45) is 3.66. The minimum Gasteiger partial charge on any atom is -0.444 e. The summed E-state index contributed by atoms with van der Waals surface area (Å²) >= 11 is 0. The van der Waals surface area contributed by atoms with Gasteiger partial charge in [-0.15, -0.1) is 0 Å². The van der Waals surface area contributed by atoms with E-state index in [-0.39, 0.29) is 42.2 Å². The van der Waals surface area contributed by atoms with Gasteiger partial charge < -0.3 is 25.6 Å². The number of likely N-dealkylation sites (tertiary alicyclic amines) is 1. The number of urea groups is 1. The highest BCUT2D eigenvalue weighted by atomic mass is 16.6. The lowest BCUT2D eigenvalue weighted by Crippen LogP contribution is -2.66. The number of rotatable bonds is 2. The third-order valence-electron chi connectivity index (χ3n) is 5.03. The van der Waals surface area contributed by atoms with E-state index < -0.39 is 5.60 Å². The molecule has 4 amide bonds. The molecule has 0 radical (unpaired) electrons. The average Bonchev–Trinajstić information content (AvgIpc) is 2.84. The fraction of sp³-hybridized carbons (Fsp3) is 0.824. The first-order valence-corrected chi connectivity index (χ1v) is 9.10. The van der Waals surface area contributed by atoms with Crippen LogP contribution in [-0.2, 0) is 9.53 Å². The van der Waals surface area contributed by atoms with Crippen molar-refractivity contribution in [2.24, 2.45) is 0 Å². The van der Waals surface area contributed by atoms with Crippen molar-refractivity contribution in [2.75, 3.05) is 6.54 Å². The van der Waals surface area contributed by atoms with Gasteiger partial charge in [-0.05, 0) is 52.9 Å². The minimum absolute atomic E-state index is 0.0529. The number of alkyl carbamates (subject to hydrolysis) is 1. The van der Waals surface area contributed by atoms with E-state index in [9.17, 15) is 14.4 Å². The van der Waals surface area contributed by atoms with Crippen LogP contribution < -0.4 is 16.0 Å². The molecule has 2 saturated heterocycles. The number of β-lactam (4-membered cyclic amide) rings is 1. The zero-order valence-electron chi connectivity index (χ0n) is 15.1. The zero-order valence-corrected chi connectivity index (χ0v) is 15.1. The van der Waals surface area contributed by atoms with E-state index >= 15 is 0 Å². The van der Waals surface area contributed by atoms with Crippen LogP contribution in [0.3, 0.4) is 0 Å². The van der Waals surface area contributed by atoms with Crippen LogP contribution in [0.2, 0.25) is 0 Å². The van der Waals surface area contributed by atoms with Crippen LogP contribution in [0.5, 0.6) is 0 Å². The molecule has 2 heterocycles. The van der Waals surface area contributed by atoms with Crippen molar-refractivity contribution in [3.63, 3.8) is 0 Å². The number of hydrogen-bond donors (Lipinski definition) is 3. The summed E-state index contributed by atoms with van der Waals surface area (Å²) in [6.45, 7) is 6.13. The highest BCUT2D eigenvalue weighted by molar-refractivity contribution is 5.94. The lowest BCUT2D eigenvalue weighted by molar-refractivity contribution is -0.132. The SMILES string of the molecule is CC(C)(C)OC(=O)NC1CCC(NC(=O)N2CC[C@H]3NC(=O)C32)CC1. The molecule has 0 aromatic heterocycles. The van der Waals surface area contributed by atoms with Crippen LogP contribution in [0.15, 0.2) is 0 Å². The van der Waals surface area contributed by atoms with Gasteiger partial charge in [0.15, 0.2) is 0 Å². The minimum atomic E-state index is -0.503. The first-order chi connectivity index (χ1) is 11.7. The van der Waals surface area contributed by atoms with Crippen LogP contribution in [0, 0.1) is 0 Å². The van der Waals surface area contributed by atoms with E-state index in [1.165, 1.54) is 0 Å². The van der Waals surface area contributed by atoms with Crippen molar-refractivity contribution in [2.45, 2.75) is 82.6 Å². The quantitative estimate of drug-likeness (QED) is 0.648. The van der Waals surface area contributed by atoms with E-state index in [0.717, 1.165) is 32.1 Å². The lowest BCUT2D eigenvalue weighted by Gasteiger charge is -2.37. The molecular formula is C17H28N4O4. The van der Waals surface area contributed by atoms with Gasteiger partial charge in [0.05, 0.1) is 6.04 Å². The second-order valence-electron chi connectivity index (χ2n) is 8.19. The molecule has 3 aliphatic rings. The Morgan fingerprint density at radius 2 is 1.68 bits per heavy atom. The van der Waals surface area contributed by atoms with E-state index in [2.05, 4.69) is 16.0 Å². The maximum Gasteiger partial charge on any atom is 0.407 e. The Hall–Kier alpha value is -1.99. The summed E-state index contributed by atoms with van der Waals surface area (Å²) in [5.41, 5.74) is -0.503. The number of fused-ring (bicyclic) bond motifs is 1. The fourth-order valence-electron chi connectivity index (χ4n) is 3.78. The van der Waals surface area contributed by atoms with Crippen molar-refractivity contribution < 1.29 is 19.1 Å². The second kappa shape index (κ2) is 6.72. The number of amides is 4. The Labute approximate surface area is 148 Å². The first-order valence-electron chi connectivity index (χ1n) is 9.10. The molecular weight excluding hydrogens is 324 g/mol. The van der Waals surface area contributed by atoms with E-state index in [1.807, 2.05) is 20.8 Å². The standard InChI is InChI=1S/C17H28N4O4/c1-17(2,3)25-16(24)19-11-6-4-10(5-7-11)18-15(23)21-9-8-12-13(21)14(22)20-12/h10-13H,4-9H2,1-3H3,(H,18,23)(H,19,24)(H,20,22)/t10?,11?,12-,13?/m1/s1. The number of ether oxygens (including phenoxy) is 1. The van der Waals surface area contributed by atoms with Gasteiger partial charge in [0.2, 0.25) is 5.91 Å².